The summed E-state index contributed by atoms with van der Waals surface area (Å²) in [6.07, 6.45) is 1.89. The van der Waals surface area contributed by atoms with Gasteiger partial charge in [0.05, 0.1) is 5.69 Å². The van der Waals surface area contributed by atoms with Gasteiger partial charge in [-0.1, -0.05) is 19.4 Å². The minimum absolute atomic E-state index is 0.626. The molecule has 0 radical (unpaired) electrons. The van der Waals surface area contributed by atoms with Gasteiger partial charge in [0.25, 0.3) is 0 Å². The van der Waals surface area contributed by atoms with Crippen molar-refractivity contribution >= 4 is 5.69 Å². The number of ether oxygens (including phenoxy) is 1. The van der Waals surface area contributed by atoms with E-state index in [0.717, 1.165) is 29.8 Å². The van der Waals surface area contributed by atoms with Gasteiger partial charge in [-0.05, 0) is 49.9 Å². The van der Waals surface area contributed by atoms with Gasteiger partial charge in [-0.25, -0.2) is 4.68 Å². The van der Waals surface area contributed by atoms with Crippen molar-refractivity contribution in [2.75, 3.05) is 5.73 Å². The van der Waals surface area contributed by atoms with E-state index in [4.69, 9.17) is 10.5 Å². The lowest BCUT2D eigenvalue weighted by molar-refractivity contribution is 0.429. The Labute approximate surface area is 120 Å². The van der Waals surface area contributed by atoms with Crippen LogP contribution in [0, 0.1) is 20.8 Å². The summed E-state index contributed by atoms with van der Waals surface area (Å²) in [5.41, 5.74) is 11.2. The zero-order chi connectivity index (χ0) is 14.9. The van der Waals surface area contributed by atoms with Gasteiger partial charge in [0.1, 0.15) is 11.4 Å². The van der Waals surface area contributed by atoms with Crippen molar-refractivity contribution in [2.45, 2.75) is 40.5 Å². The Bertz CT molecular complexity index is 629. The molecule has 0 saturated carbocycles. The van der Waals surface area contributed by atoms with Crippen LogP contribution in [-0.4, -0.2) is 9.78 Å². The van der Waals surface area contributed by atoms with Gasteiger partial charge in [-0.15, -0.1) is 0 Å². The van der Waals surface area contributed by atoms with Crippen molar-refractivity contribution in [3.8, 4) is 11.6 Å². The highest BCUT2D eigenvalue weighted by Gasteiger charge is 2.16. The van der Waals surface area contributed by atoms with E-state index in [-0.39, 0.29) is 0 Å². The van der Waals surface area contributed by atoms with Gasteiger partial charge in [0.15, 0.2) is 0 Å². The number of nitrogen functional groups attached to an aromatic ring is 1. The van der Waals surface area contributed by atoms with Crippen LogP contribution in [0.1, 0.15) is 35.7 Å². The molecular weight excluding hydrogens is 250 g/mol. The molecule has 108 valence electrons. The third-order valence-electron chi connectivity index (χ3n) is 3.56. The van der Waals surface area contributed by atoms with E-state index < -0.39 is 0 Å². The number of anilines is 1. The van der Waals surface area contributed by atoms with Crippen LogP contribution in [0.3, 0.4) is 0 Å². The molecule has 0 bridgehead atoms. The SMILES string of the molecule is CCCc1nn(C)c(Oc2cc(C)cc(C)c2C)c1N. The van der Waals surface area contributed by atoms with Crippen LogP contribution in [0.2, 0.25) is 0 Å². The van der Waals surface area contributed by atoms with Gasteiger partial charge < -0.3 is 10.5 Å². The first kappa shape index (κ1) is 14.4. The molecule has 0 amide bonds. The Morgan fingerprint density at radius 3 is 2.60 bits per heavy atom. The normalized spacial score (nSPS) is 10.8. The number of nitrogens with zero attached hydrogens (tertiary/aromatic N) is 2. The van der Waals surface area contributed by atoms with Crippen molar-refractivity contribution in [1.29, 1.82) is 0 Å². The largest absolute Gasteiger partial charge is 0.437 e. The summed E-state index contributed by atoms with van der Waals surface area (Å²) in [4.78, 5) is 0. The maximum absolute atomic E-state index is 6.16. The molecule has 0 aliphatic heterocycles. The Morgan fingerprint density at radius 1 is 1.25 bits per heavy atom. The van der Waals surface area contributed by atoms with Gasteiger partial charge in [-0.2, -0.15) is 5.10 Å². The average molecular weight is 273 g/mol. The second-order valence-electron chi connectivity index (χ2n) is 5.35. The summed E-state index contributed by atoms with van der Waals surface area (Å²) >= 11 is 0. The van der Waals surface area contributed by atoms with Crippen molar-refractivity contribution in [3.05, 3.63) is 34.5 Å². The number of aromatic nitrogens is 2. The maximum atomic E-state index is 6.16. The monoisotopic (exact) mass is 273 g/mol. The fraction of sp³-hybridized carbons (Fsp3) is 0.438. The number of hydrogen-bond donors (Lipinski definition) is 1. The maximum Gasteiger partial charge on any atom is 0.241 e. The van der Waals surface area contributed by atoms with Crippen molar-refractivity contribution in [3.63, 3.8) is 0 Å². The minimum Gasteiger partial charge on any atom is -0.437 e. The molecule has 0 spiro atoms. The molecule has 1 aromatic carbocycles. The fourth-order valence-electron chi connectivity index (χ4n) is 2.33. The highest BCUT2D eigenvalue weighted by Crippen LogP contribution is 2.33. The lowest BCUT2D eigenvalue weighted by atomic mass is 10.1. The predicted octanol–water partition coefficient (Wildman–Crippen LogP) is 3.67. The summed E-state index contributed by atoms with van der Waals surface area (Å²) in [7, 11) is 1.86. The summed E-state index contributed by atoms with van der Waals surface area (Å²) in [6.45, 7) is 8.32. The van der Waals surface area contributed by atoms with Crippen molar-refractivity contribution in [2.24, 2.45) is 7.05 Å². The minimum atomic E-state index is 0.626. The van der Waals surface area contributed by atoms with E-state index >= 15 is 0 Å². The number of benzene rings is 1. The summed E-state index contributed by atoms with van der Waals surface area (Å²) in [6, 6.07) is 4.19. The zero-order valence-corrected chi connectivity index (χ0v) is 12.9. The van der Waals surface area contributed by atoms with Gasteiger partial charge >= 0.3 is 0 Å². The second-order valence-corrected chi connectivity index (χ2v) is 5.35. The number of hydrogen-bond acceptors (Lipinski definition) is 3. The summed E-state index contributed by atoms with van der Waals surface area (Å²) in [5.74, 6) is 1.47. The van der Waals surface area contributed by atoms with Gasteiger partial charge in [0, 0.05) is 7.05 Å². The molecular formula is C16H23N3O. The predicted molar refractivity (Wildman–Crippen MR) is 82.3 cm³/mol. The number of aryl methyl sites for hydroxylation is 4. The van der Waals surface area contributed by atoms with Crippen LogP contribution >= 0.6 is 0 Å². The number of nitrogens with two attached hydrogens (primary N) is 1. The molecule has 0 fully saturated rings. The van der Waals surface area contributed by atoms with Gasteiger partial charge in [-0.3, -0.25) is 0 Å². The molecule has 4 nitrogen and oxygen atoms in total. The third kappa shape index (κ3) is 2.64. The first-order valence-corrected chi connectivity index (χ1v) is 7.01. The van der Waals surface area contributed by atoms with E-state index in [0.29, 0.717) is 11.6 Å². The lowest BCUT2D eigenvalue weighted by Gasteiger charge is -2.12. The molecule has 0 atom stereocenters. The van der Waals surface area contributed by atoms with E-state index in [9.17, 15) is 0 Å². The van der Waals surface area contributed by atoms with E-state index in [1.54, 1.807) is 4.68 Å². The van der Waals surface area contributed by atoms with Crippen LogP contribution in [0.5, 0.6) is 11.6 Å². The zero-order valence-electron chi connectivity index (χ0n) is 12.9. The van der Waals surface area contributed by atoms with Crippen LogP contribution in [-0.2, 0) is 13.5 Å². The molecule has 0 aliphatic rings. The Balaban J connectivity index is 2.40. The number of rotatable bonds is 4. The molecule has 0 aliphatic carbocycles. The van der Waals surface area contributed by atoms with Crippen molar-refractivity contribution < 1.29 is 4.74 Å². The molecule has 2 aromatic rings. The summed E-state index contributed by atoms with van der Waals surface area (Å²) in [5, 5.41) is 4.44. The van der Waals surface area contributed by atoms with E-state index in [2.05, 4.69) is 38.9 Å². The smallest absolute Gasteiger partial charge is 0.241 e. The van der Waals surface area contributed by atoms with Crippen LogP contribution in [0.15, 0.2) is 12.1 Å². The van der Waals surface area contributed by atoms with Crippen LogP contribution in [0.4, 0.5) is 5.69 Å². The second kappa shape index (κ2) is 5.57. The lowest BCUT2D eigenvalue weighted by Crippen LogP contribution is -1.99. The van der Waals surface area contributed by atoms with Crippen LogP contribution in [0.25, 0.3) is 0 Å². The molecule has 0 saturated heterocycles. The average Bonchev–Trinajstić information content (AvgIpc) is 2.63. The van der Waals surface area contributed by atoms with Crippen molar-refractivity contribution in [1.82, 2.24) is 9.78 Å². The fourth-order valence-corrected chi connectivity index (χ4v) is 2.33. The third-order valence-corrected chi connectivity index (χ3v) is 3.56. The standard InChI is InChI=1S/C16H23N3O/c1-6-7-13-15(17)16(19(5)18-13)20-14-9-10(2)8-11(3)12(14)4/h8-9H,6-7,17H2,1-5H3. The van der Waals surface area contributed by atoms with E-state index in [1.165, 1.54) is 11.1 Å². The molecule has 1 aromatic heterocycles. The van der Waals surface area contributed by atoms with Crippen LogP contribution < -0.4 is 10.5 Å². The first-order valence-electron chi connectivity index (χ1n) is 7.01. The van der Waals surface area contributed by atoms with Gasteiger partial charge in [0.2, 0.25) is 5.88 Å². The Kier molecular flexibility index (Phi) is 4.02. The highest BCUT2D eigenvalue weighted by atomic mass is 16.5. The quantitative estimate of drug-likeness (QED) is 0.924. The topological polar surface area (TPSA) is 53.1 Å². The van der Waals surface area contributed by atoms with E-state index in [1.807, 2.05) is 13.1 Å². The Hall–Kier alpha value is -1.97. The molecule has 1 heterocycles. The molecule has 2 N–H and O–H groups in total. The molecule has 4 heteroatoms. The summed E-state index contributed by atoms with van der Waals surface area (Å²) < 4.78 is 7.75. The first-order chi connectivity index (χ1) is 9.43. The highest BCUT2D eigenvalue weighted by molar-refractivity contribution is 5.55. The molecule has 20 heavy (non-hydrogen) atoms. The molecule has 2 rings (SSSR count). The molecule has 0 unspecified atom stereocenters. The Morgan fingerprint density at radius 2 is 1.95 bits per heavy atom.